The van der Waals surface area contributed by atoms with Crippen molar-refractivity contribution < 1.29 is 4.79 Å². The molecule has 146 valence electrons. The molecule has 0 spiro atoms. The lowest BCUT2D eigenvalue weighted by atomic mass is 9.96. The van der Waals surface area contributed by atoms with E-state index in [9.17, 15) is 4.79 Å². The molecule has 1 atom stereocenters. The van der Waals surface area contributed by atoms with E-state index in [0.29, 0.717) is 6.04 Å². The second kappa shape index (κ2) is 8.39. The Morgan fingerprint density at radius 1 is 1.15 bits per heavy atom. The average molecular weight is 389 g/mol. The van der Waals surface area contributed by atoms with Gasteiger partial charge in [-0.2, -0.15) is 0 Å². The molecule has 2 fully saturated rings. The Morgan fingerprint density at radius 3 is 2.63 bits per heavy atom. The van der Waals surface area contributed by atoms with Gasteiger partial charge in [0.25, 0.3) is 0 Å². The molecular formula is C19H28N6OS. The van der Waals surface area contributed by atoms with Gasteiger partial charge in [-0.05, 0) is 50.9 Å². The van der Waals surface area contributed by atoms with Crippen molar-refractivity contribution in [2.24, 2.45) is 5.92 Å². The van der Waals surface area contributed by atoms with Gasteiger partial charge in [-0.25, -0.2) is 0 Å². The minimum atomic E-state index is 0.120. The highest BCUT2D eigenvalue weighted by atomic mass is 32.1. The van der Waals surface area contributed by atoms with Crippen LogP contribution in [-0.4, -0.2) is 64.3 Å². The summed E-state index contributed by atoms with van der Waals surface area (Å²) in [6.07, 6.45) is 8.17. The van der Waals surface area contributed by atoms with Gasteiger partial charge in [-0.15, -0.1) is 10.2 Å². The summed E-state index contributed by atoms with van der Waals surface area (Å²) in [4.78, 5) is 17.3. The van der Waals surface area contributed by atoms with Crippen LogP contribution in [0.2, 0.25) is 0 Å². The van der Waals surface area contributed by atoms with Crippen LogP contribution >= 0.6 is 11.3 Å². The Balaban J connectivity index is 1.25. The Bertz CT molecular complexity index is 737. The molecular weight excluding hydrogens is 360 g/mol. The maximum absolute atomic E-state index is 12.6. The van der Waals surface area contributed by atoms with Gasteiger partial charge in [0.1, 0.15) is 0 Å². The minimum absolute atomic E-state index is 0.120. The summed E-state index contributed by atoms with van der Waals surface area (Å²) < 4.78 is 1.98. The van der Waals surface area contributed by atoms with Crippen LogP contribution in [0.3, 0.4) is 0 Å². The van der Waals surface area contributed by atoms with Crippen molar-refractivity contribution in [3.8, 4) is 5.13 Å². The summed E-state index contributed by atoms with van der Waals surface area (Å²) in [6, 6.07) is 4.49. The quantitative estimate of drug-likeness (QED) is 0.821. The molecule has 0 aromatic carbocycles. The van der Waals surface area contributed by atoms with E-state index in [4.69, 9.17) is 0 Å². The first-order chi connectivity index (χ1) is 13.2. The fraction of sp³-hybridized carbons (Fsp3) is 0.632. The molecule has 4 rings (SSSR count). The van der Waals surface area contributed by atoms with Gasteiger partial charge in [-0.3, -0.25) is 14.3 Å². The van der Waals surface area contributed by atoms with Crippen molar-refractivity contribution in [3.63, 3.8) is 0 Å². The molecule has 4 heterocycles. The summed E-state index contributed by atoms with van der Waals surface area (Å²) in [5.74, 6) is 0.345. The molecule has 0 saturated carbocycles. The maximum Gasteiger partial charge on any atom is 0.223 e. The van der Waals surface area contributed by atoms with E-state index in [1.54, 1.807) is 11.3 Å². The maximum atomic E-state index is 12.6. The van der Waals surface area contributed by atoms with Gasteiger partial charge < -0.3 is 10.2 Å². The molecule has 1 N–H and O–H groups in total. The molecule has 0 unspecified atom stereocenters. The van der Waals surface area contributed by atoms with Crippen LogP contribution in [-0.2, 0) is 4.79 Å². The van der Waals surface area contributed by atoms with Crippen molar-refractivity contribution >= 4 is 22.4 Å². The molecule has 1 amide bonds. The molecule has 2 aromatic heterocycles. The summed E-state index contributed by atoms with van der Waals surface area (Å²) in [7, 11) is 0. The number of amides is 1. The largest absolute Gasteiger partial charge is 0.354 e. The number of aromatic nitrogens is 3. The molecule has 2 saturated heterocycles. The first-order valence-corrected chi connectivity index (χ1v) is 10.8. The molecule has 0 radical (unpaired) electrons. The number of nitrogens with one attached hydrogen (secondary N) is 1. The summed E-state index contributed by atoms with van der Waals surface area (Å²) in [5, 5.41) is 13.7. The second-order valence-electron chi connectivity index (χ2n) is 7.39. The van der Waals surface area contributed by atoms with Crippen LogP contribution in [0.4, 0.5) is 5.13 Å². The van der Waals surface area contributed by atoms with E-state index < -0.39 is 0 Å². The van der Waals surface area contributed by atoms with Crippen LogP contribution in [0.25, 0.3) is 5.13 Å². The van der Waals surface area contributed by atoms with Gasteiger partial charge in [0.2, 0.25) is 16.2 Å². The molecule has 0 aliphatic carbocycles. The van der Waals surface area contributed by atoms with Crippen molar-refractivity contribution in [1.29, 1.82) is 0 Å². The van der Waals surface area contributed by atoms with E-state index in [2.05, 4.69) is 32.2 Å². The molecule has 8 heteroatoms. The number of nitrogens with zero attached hydrogens (tertiary/aromatic N) is 5. The highest BCUT2D eigenvalue weighted by molar-refractivity contribution is 7.17. The summed E-state index contributed by atoms with van der Waals surface area (Å²) >= 11 is 1.60. The molecule has 0 bridgehead atoms. The zero-order valence-corrected chi connectivity index (χ0v) is 16.7. The van der Waals surface area contributed by atoms with Crippen molar-refractivity contribution in [1.82, 2.24) is 25.0 Å². The van der Waals surface area contributed by atoms with Gasteiger partial charge in [0.15, 0.2) is 0 Å². The highest BCUT2D eigenvalue weighted by Crippen LogP contribution is 2.28. The SMILES string of the molecule is CCN1CCC[C@@H]1CNC(=O)C1CCN(c2nnc(-n3cccc3)s2)CC1. The Hall–Kier alpha value is -1.93. The average Bonchev–Trinajstić information content (AvgIpc) is 3.47. The van der Waals surface area contributed by atoms with E-state index in [0.717, 1.165) is 49.3 Å². The van der Waals surface area contributed by atoms with Crippen LogP contribution < -0.4 is 10.2 Å². The van der Waals surface area contributed by atoms with Crippen molar-refractivity contribution in [2.45, 2.75) is 38.6 Å². The Morgan fingerprint density at radius 2 is 1.89 bits per heavy atom. The van der Waals surface area contributed by atoms with Crippen LogP contribution in [0, 0.1) is 5.92 Å². The smallest absolute Gasteiger partial charge is 0.223 e. The third-order valence-corrected chi connectivity index (χ3v) is 6.78. The number of hydrogen-bond donors (Lipinski definition) is 1. The predicted molar refractivity (Wildman–Crippen MR) is 107 cm³/mol. The fourth-order valence-corrected chi connectivity index (χ4v) is 5.01. The number of hydrogen-bond acceptors (Lipinski definition) is 6. The number of carbonyl (C=O) groups excluding carboxylic acids is 1. The second-order valence-corrected chi connectivity index (χ2v) is 8.32. The van der Waals surface area contributed by atoms with Gasteiger partial charge in [-0.1, -0.05) is 18.3 Å². The fourth-order valence-electron chi connectivity index (χ4n) is 4.14. The number of anilines is 1. The zero-order chi connectivity index (χ0) is 18.6. The number of carbonyl (C=O) groups is 1. The third kappa shape index (κ3) is 4.16. The Labute approximate surface area is 164 Å². The van der Waals surface area contributed by atoms with E-state index >= 15 is 0 Å². The van der Waals surface area contributed by atoms with Gasteiger partial charge in [0, 0.05) is 44.0 Å². The summed E-state index contributed by atoms with van der Waals surface area (Å²) in [6.45, 7) is 6.97. The van der Waals surface area contributed by atoms with Crippen molar-refractivity contribution in [2.75, 3.05) is 37.6 Å². The van der Waals surface area contributed by atoms with Crippen LogP contribution in [0.5, 0.6) is 0 Å². The van der Waals surface area contributed by atoms with Gasteiger partial charge in [0.05, 0.1) is 0 Å². The number of likely N-dealkylation sites (N-methyl/N-ethyl adjacent to an activating group) is 1. The Kier molecular flexibility index (Phi) is 5.73. The first kappa shape index (κ1) is 18.4. The standard InChI is InChI=1S/C19H28N6OS/c1-2-23-11-5-6-16(23)14-20-17(26)15-7-12-25(13-8-15)19-22-21-18(27-19)24-9-3-4-10-24/h3-4,9-10,15-16H,2,5-8,11-14H2,1H3,(H,20,26)/t16-/m1/s1. The summed E-state index contributed by atoms with van der Waals surface area (Å²) in [5.41, 5.74) is 0. The molecule has 7 nitrogen and oxygen atoms in total. The van der Waals surface area contributed by atoms with Crippen LogP contribution in [0.1, 0.15) is 32.6 Å². The first-order valence-electron chi connectivity index (χ1n) is 9.98. The minimum Gasteiger partial charge on any atom is -0.354 e. The molecule has 2 aliphatic heterocycles. The lowest BCUT2D eigenvalue weighted by Crippen LogP contribution is -2.44. The highest BCUT2D eigenvalue weighted by Gasteiger charge is 2.28. The third-order valence-electron chi connectivity index (χ3n) is 5.78. The normalized spacial score (nSPS) is 21.7. The van der Waals surface area contributed by atoms with E-state index in [1.807, 2.05) is 29.1 Å². The lowest BCUT2D eigenvalue weighted by Gasteiger charge is -2.31. The molecule has 2 aromatic rings. The number of rotatable bonds is 6. The topological polar surface area (TPSA) is 66.3 Å². The molecule has 2 aliphatic rings. The zero-order valence-electron chi connectivity index (χ0n) is 15.9. The van der Waals surface area contributed by atoms with Crippen molar-refractivity contribution in [3.05, 3.63) is 24.5 Å². The predicted octanol–water partition coefficient (Wildman–Crippen LogP) is 2.15. The number of likely N-dealkylation sites (tertiary alicyclic amines) is 1. The van der Waals surface area contributed by atoms with Gasteiger partial charge >= 0.3 is 0 Å². The van der Waals surface area contributed by atoms with Crippen LogP contribution in [0.15, 0.2) is 24.5 Å². The lowest BCUT2D eigenvalue weighted by molar-refractivity contribution is -0.125. The van der Waals surface area contributed by atoms with E-state index in [-0.39, 0.29) is 11.8 Å². The van der Waals surface area contributed by atoms with E-state index in [1.165, 1.54) is 19.4 Å². The molecule has 27 heavy (non-hydrogen) atoms. The monoisotopic (exact) mass is 388 g/mol. The number of piperidine rings is 1.